The van der Waals surface area contributed by atoms with E-state index in [0.29, 0.717) is 17.8 Å². The monoisotopic (exact) mass is 302 g/mol. The zero-order chi connectivity index (χ0) is 15.1. The molecule has 4 atom stereocenters. The molecule has 0 aromatic heterocycles. The average Bonchev–Trinajstić information content (AvgIpc) is 2.85. The number of hydrogen-bond acceptors (Lipinski definition) is 4. The molecule has 5 nitrogen and oxygen atoms in total. The molecule has 1 aromatic carbocycles. The highest BCUT2D eigenvalue weighted by Crippen LogP contribution is 2.34. The topological polar surface area (TPSA) is 50.8 Å². The number of nitrogens with zero attached hydrogens (tertiary/aromatic N) is 1. The van der Waals surface area contributed by atoms with Gasteiger partial charge in [-0.1, -0.05) is 12.1 Å². The fourth-order valence-corrected chi connectivity index (χ4v) is 3.71. The Labute approximate surface area is 130 Å². The summed E-state index contributed by atoms with van der Waals surface area (Å²) in [7, 11) is 0. The molecule has 2 fully saturated rings. The first-order valence-corrected chi connectivity index (χ1v) is 8.18. The third-order valence-electron chi connectivity index (χ3n) is 4.92. The Morgan fingerprint density at radius 1 is 1.14 bits per heavy atom. The van der Waals surface area contributed by atoms with Crippen molar-refractivity contribution in [3.63, 3.8) is 0 Å². The first-order valence-electron chi connectivity index (χ1n) is 8.18. The van der Waals surface area contributed by atoms with Gasteiger partial charge in [0.2, 0.25) is 6.10 Å². The molecule has 1 aromatic rings. The van der Waals surface area contributed by atoms with Crippen molar-refractivity contribution in [1.82, 2.24) is 10.2 Å². The third-order valence-corrected chi connectivity index (χ3v) is 4.92. The third kappa shape index (κ3) is 2.43. The Morgan fingerprint density at radius 3 is 2.68 bits per heavy atom. The van der Waals surface area contributed by atoms with Gasteiger partial charge in [-0.2, -0.15) is 0 Å². The molecule has 118 valence electrons. The molecule has 2 saturated heterocycles. The van der Waals surface area contributed by atoms with Gasteiger partial charge < -0.3 is 19.7 Å². The number of likely N-dealkylation sites (tertiary alicyclic amines) is 1. The van der Waals surface area contributed by atoms with Crippen molar-refractivity contribution in [3.05, 3.63) is 24.3 Å². The predicted molar refractivity (Wildman–Crippen MR) is 82.1 cm³/mol. The van der Waals surface area contributed by atoms with E-state index in [0.717, 1.165) is 31.7 Å². The van der Waals surface area contributed by atoms with Crippen molar-refractivity contribution in [2.75, 3.05) is 13.1 Å². The van der Waals surface area contributed by atoms with Gasteiger partial charge in [0.1, 0.15) is 6.10 Å². The van der Waals surface area contributed by atoms with E-state index >= 15 is 0 Å². The summed E-state index contributed by atoms with van der Waals surface area (Å²) < 4.78 is 11.8. The molecule has 0 saturated carbocycles. The molecule has 4 rings (SSSR count). The molecule has 3 heterocycles. The predicted octanol–water partition coefficient (Wildman–Crippen LogP) is 1.57. The van der Waals surface area contributed by atoms with Crippen molar-refractivity contribution < 1.29 is 14.3 Å². The lowest BCUT2D eigenvalue weighted by molar-refractivity contribution is -0.144. The second kappa shape index (κ2) is 5.47. The van der Waals surface area contributed by atoms with Crippen molar-refractivity contribution in [2.24, 2.45) is 0 Å². The van der Waals surface area contributed by atoms with Gasteiger partial charge in [-0.25, -0.2) is 0 Å². The summed E-state index contributed by atoms with van der Waals surface area (Å²) in [6, 6.07) is 8.55. The number of carbonyl (C=O) groups excluding carboxylic acids is 1. The molecule has 5 heteroatoms. The van der Waals surface area contributed by atoms with Crippen LogP contribution in [0.25, 0.3) is 0 Å². The quantitative estimate of drug-likeness (QED) is 0.855. The first-order chi connectivity index (χ1) is 10.7. The van der Waals surface area contributed by atoms with E-state index in [-0.39, 0.29) is 12.0 Å². The highest BCUT2D eigenvalue weighted by atomic mass is 16.6. The zero-order valence-electron chi connectivity index (χ0n) is 12.8. The van der Waals surface area contributed by atoms with Crippen LogP contribution in [0.1, 0.15) is 26.2 Å². The summed E-state index contributed by atoms with van der Waals surface area (Å²) >= 11 is 0. The molecule has 4 unspecified atom stereocenters. The lowest BCUT2D eigenvalue weighted by Gasteiger charge is -2.35. The maximum absolute atomic E-state index is 12.9. The summed E-state index contributed by atoms with van der Waals surface area (Å²) in [5.74, 6) is 1.43. The van der Waals surface area contributed by atoms with Gasteiger partial charge in [-0.15, -0.1) is 0 Å². The van der Waals surface area contributed by atoms with E-state index in [4.69, 9.17) is 9.47 Å². The van der Waals surface area contributed by atoms with E-state index in [1.165, 1.54) is 6.42 Å². The van der Waals surface area contributed by atoms with Crippen LogP contribution in [0.4, 0.5) is 0 Å². The van der Waals surface area contributed by atoms with E-state index < -0.39 is 6.10 Å². The first kappa shape index (κ1) is 13.9. The van der Waals surface area contributed by atoms with Gasteiger partial charge in [0.05, 0.1) is 0 Å². The summed E-state index contributed by atoms with van der Waals surface area (Å²) in [6.45, 7) is 3.49. The lowest BCUT2D eigenvalue weighted by Crippen LogP contribution is -2.52. The van der Waals surface area contributed by atoms with Gasteiger partial charge >= 0.3 is 0 Å². The maximum Gasteiger partial charge on any atom is 0.267 e. The SMILES string of the molecule is CC1Oc2ccccc2OC1C(=O)N1CCC2CCC(C1)N2. The van der Waals surface area contributed by atoms with Crippen LogP contribution in [-0.2, 0) is 4.79 Å². The minimum absolute atomic E-state index is 0.0522. The van der Waals surface area contributed by atoms with Crippen LogP contribution >= 0.6 is 0 Å². The number of fused-ring (bicyclic) bond motifs is 3. The molecular weight excluding hydrogens is 280 g/mol. The largest absolute Gasteiger partial charge is 0.482 e. The van der Waals surface area contributed by atoms with Crippen molar-refractivity contribution in [3.8, 4) is 11.5 Å². The fraction of sp³-hybridized carbons (Fsp3) is 0.588. The van der Waals surface area contributed by atoms with Crippen molar-refractivity contribution in [1.29, 1.82) is 0 Å². The minimum atomic E-state index is -0.550. The Balaban J connectivity index is 1.50. The molecule has 1 amide bonds. The van der Waals surface area contributed by atoms with Gasteiger partial charge in [0, 0.05) is 25.2 Å². The number of nitrogens with one attached hydrogen (secondary N) is 1. The maximum atomic E-state index is 12.9. The summed E-state index contributed by atoms with van der Waals surface area (Å²) in [5.41, 5.74) is 0. The Kier molecular flexibility index (Phi) is 3.45. The number of carbonyl (C=O) groups is 1. The zero-order valence-corrected chi connectivity index (χ0v) is 12.8. The van der Waals surface area contributed by atoms with E-state index in [1.54, 1.807) is 0 Å². The standard InChI is InChI=1S/C17H22N2O3/c1-11-16(22-15-5-3-2-4-14(15)21-11)17(20)19-9-8-12-6-7-13(10-19)18-12/h2-5,11-13,16,18H,6-10H2,1H3. The Hall–Kier alpha value is -1.75. The molecular formula is C17H22N2O3. The summed E-state index contributed by atoms with van der Waals surface area (Å²) in [5, 5.41) is 3.60. The van der Waals surface area contributed by atoms with Gasteiger partial charge in [-0.3, -0.25) is 4.79 Å². The van der Waals surface area contributed by atoms with Crippen molar-refractivity contribution >= 4 is 5.91 Å². The van der Waals surface area contributed by atoms with Crippen LogP contribution in [0.5, 0.6) is 11.5 Å². The van der Waals surface area contributed by atoms with Crippen LogP contribution in [0.2, 0.25) is 0 Å². The second-order valence-corrected chi connectivity index (χ2v) is 6.52. The number of amides is 1. The number of rotatable bonds is 1. The molecule has 0 spiro atoms. The molecule has 3 aliphatic rings. The summed E-state index contributed by atoms with van der Waals surface area (Å²) in [4.78, 5) is 14.8. The molecule has 22 heavy (non-hydrogen) atoms. The number of ether oxygens (including phenoxy) is 2. The highest BCUT2D eigenvalue weighted by molar-refractivity contribution is 5.82. The van der Waals surface area contributed by atoms with Crippen LogP contribution in [-0.4, -0.2) is 48.2 Å². The fourth-order valence-electron chi connectivity index (χ4n) is 3.71. The van der Waals surface area contributed by atoms with Crippen LogP contribution < -0.4 is 14.8 Å². The van der Waals surface area contributed by atoms with Crippen LogP contribution in [0.3, 0.4) is 0 Å². The minimum Gasteiger partial charge on any atom is -0.482 e. The Bertz CT molecular complexity index is 577. The van der Waals surface area contributed by atoms with E-state index in [2.05, 4.69) is 5.32 Å². The summed E-state index contributed by atoms with van der Waals surface area (Å²) in [6.07, 6.45) is 2.61. The molecule has 0 aliphatic carbocycles. The average molecular weight is 302 g/mol. The second-order valence-electron chi connectivity index (χ2n) is 6.52. The van der Waals surface area contributed by atoms with Gasteiger partial charge in [-0.05, 0) is 38.3 Å². The normalized spacial score (nSPS) is 33.4. The number of para-hydroxylation sites is 2. The molecule has 2 bridgehead atoms. The lowest BCUT2D eigenvalue weighted by atomic mass is 10.1. The van der Waals surface area contributed by atoms with Gasteiger partial charge in [0.25, 0.3) is 5.91 Å². The number of benzene rings is 1. The van der Waals surface area contributed by atoms with Gasteiger partial charge in [0.15, 0.2) is 11.5 Å². The van der Waals surface area contributed by atoms with E-state index in [9.17, 15) is 4.79 Å². The van der Waals surface area contributed by atoms with Crippen molar-refractivity contribution in [2.45, 2.75) is 50.5 Å². The van der Waals surface area contributed by atoms with Crippen LogP contribution in [0, 0.1) is 0 Å². The smallest absolute Gasteiger partial charge is 0.267 e. The highest BCUT2D eigenvalue weighted by Gasteiger charge is 2.39. The van der Waals surface area contributed by atoms with E-state index in [1.807, 2.05) is 36.1 Å². The molecule has 3 aliphatic heterocycles. The Morgan fingerprint density at radius 2 is 1.86 bits per heavy atom. The molecule has 0 radical (unpaired) electrons. The van der Waals surface area contributed by atoms with Crippen LogP contribution in [0.15, 0.2) is 24.3 Å². The number of hydrogen-bond donors (Lipinski definition) is 1. The molecule has 1 N–H and O–H groups in total.